The van der Waals surface area contributed by atoms with Gasteiger partial charge in [-0.3, -0.25) is 0 Å². The van der Waals surface area contributed by atoms with Crippen LogP contribution in [0.5, 0.6) is 5.75 Å². The van der Waals surface area contributed by atoms with Gasteiger partial charge >= 0.3 is 0 Å². The van der Waals surface area contributed by atoms with Gasteiger partial charge in [-0.1, -0.05) is 12.1 Å². The number of rotatable bonds is 3. The second kappa shape index (κ2) is 4.64. The first-order valence-electron chi connectivity index (χ1n) is 5.35. The molecule has 0 unspecified atom stereocenters. The maximum Gasteiger partial charge on any atom is 0.124 e. The Morgan fingerprint density at radius 2 is 2.13 bits per heavy atom. The molecule has 0 saturated carbocycles. The van der Waals surface area contributed by atoms with Crippen LogP contribution in [0.4, 0.5) is 0 Å². The molecule has 1 aromatic rings. The van der Waals surface area contributed by atoms with Crippen LogP contribution in [0, 0.1) is 0 Å². The van der Waals surface area contributed by atoms with E-state index in [9.17, 15) is 0 Å². The van der Waals surface area contributed by atoms with E-state index in [0.717, 1.165) is 24.3 Å². The molecule has 15 heavy (non-hydrogen) atoms. The first-order chi connectivity index (χ1) is 7.25. The number of nitrogens with two attached hydrogens (primary N) is 1. The van der Waals surface area contributed by atoms with Crippen molar-refractivity contribution in [2.75, 3.05) is 13.2 Å². The van der Waals surface area contributed by atoms with Crippen molar-refractivity contribution in [2.24, 2.45) is 5.73 Å². The van der Waals surface area contributed by atoms with Crippen molar-refractivity contribution in [2.45, 2.75) is 25.5 Å². The Morgan fingerprint density at radius 3 is 2.67 bits per heavy atom. The fourth-order valence-corrected chi connectivity index (χ4v) is 1.65. The van der Waals surface area contributed by atoms with E-state index in [1.807, 2.05) is 31.2 Å². The van der Waals surface area contributed by atoms with E-state index in [-0.39, 0.29) is 12.1 Å². The summed E-state index contributed by atoms with van der Waals surface area (Å²) >= 11 is 0. The van der Waals surface area contributed by atoms with Gasteiger partial charge in [0.15, 0.2) is 0 Å². The fourth-order valence-electron chi connectivity index (χ4n) is 1.65. The Bertz CT molecular complexity index is 302. The summed E-state index contributed by atoms with van der Waals surface area (Å²) in [5.41, 5.74) is 6.90. The molecule has 1 aliphatic rings. The summed E-state index contributed by atoms with van der Waals surface area (Å²) in [5, 5.41) is 0. The lowest BCUT2D eigenvalue weighted by molar-refractivity contribution is 0.141. The topological polar surface area (TPSA) is 44.5 Å². The van der Waals surface area contributed by atoms with Gasteiger partial charge in [0, 0.05) is 12.5 Å². The summed E-state index contributed by atoms with van der Waals surface area (Å²) in [6.45, 7) is 3.48. The van der Waals surface area contributed by atoms with Gasteiger partial charge in [-0.2, -0.15) is 0 Å². The van der Waals surface area contributed by atoms with Crippen LogP contribution in [-0.4, -0.2) is 19.3 Å². The molecule has 3 nitrogen and oxygen atoms in total. The molecule has 1 aromatic carbocycles. The van der Waals surface area contributed by atoms with Gasteiger partial charge in [-0.15, -0.1) is 0 Å². The van der Waals surface area contributed by atoms with Crippen LogP contribution in [0.15, 0.2) is 24.3 Å². The van der Waals surface area contributed by atoms with E-state index < -0.39 is 0 Å². The molecule has 2 rings (SSSR count). The van der Waals surface area contributed by atoms with E-state index >= 15 is 0 Å². The quantitative estimate of drug-likeness (QED) is 0.823. The molecule has 0 spiro atoms. The highest BCUT2D eigenvalue weighted by Gasteiger charge is 2.16. The Labute approximate surface area is 90.2 Å². The first kappa shape index (κ1) is 10.5. The molecule has 0 bridgehead atoms. The normalized spacial score (nSPS) is 22.7. The molecule has 1 aliphatic heterocycles. The SMILES string of the molecule is C[C@H](N)c1ccc(O[C@H]2CCOC2)cc1. The number of hydrogen-bond acceptors (Lipinski definition) is 3. The monoisotopic (exact) mass is 207 g/mol. The van der Waals surface area contributed by atoms with Crippen LogP contribution >= 0.6 is 0 Å². The van der Waals surface area contributed by atoms with Crippen molar-refractivity contribution < 1.29 is 9.47 Å². The van der Waals surface area contributed by atoms with E-state index in [2.05, 4.69) is 0 Å². The van der Waals surface area contributed by atoms with Gasteiger partial charge < -0.3 is 15.2 Å². The standard InChI is InChI=1S/C12H17NO2/c1-9(13)10-2-4-11(5-3-10)15-12-6-7-14-8-12/h2-5,9,12H,6-8,13H2,1H3/t9-,12-/m0/s1. The first-order valence-corrected chi connectivity index (χ1v) is 5.35. The molecule has 1 saturated heterocycles. The minimum atomic E-state index is 0.0777. The second-order valence-corrected chi connectivity index (χ2v) is 3.96. The summed E-state index contributed by atoms with van der Waals surface area (Å²) in [7, 11) is 0. The van der Waals surface area contributed by atoms with Gasteiger partial charge in [0.2, 0.25) is 0 Å². The molecule has 3 heteroatoms. The highest BCUT2D eigenvalue weighted by Crippen LogP contribution is 2.19. The largest absolute Gasteiger partial charge is 0.488 e. The van der Waals surface area contributed by atoms with Crippen LogP contribution in [0.25, 0.3) is 0 Å². The average molecular weight is 207 g/mol. The molecule has 1 heterocycles. The number of ether oxygens (including phenoxy) is 2. The van der Waals surface area contributed by atoms with Crippen molar-refractivity contribution in [3.63, 3.8) is 0 Å². The van der Waals surface area contributed by atoms with Gasteiger partial charge in [0.1, 0.15) is 11.9 Å². The molecule has 1 fully saturated rings. The molecule has 2 N–H and O–H groups in total. The molecule has 82 valence electrons. The minimum Gasteiger partial charge on any atom is -0.488 e. The zero-order chi connectivity index (χ0) is 10.7. The number of benzene rings is 1. The maximum atomic E-state index is 5.77. The Hall–Kier alpha value is -1.06. The van der Waals surface area contributed by atoms with E-state index in [4.69, 9.17) is 15.2 Å². The molecular weight excluding hydrogens is 190 g/mol. The van der Waals surface area contributed by atoms with E-state index in [1.165, 1.54) is 0 Å². The van der Waals surface area contributed by atoms with Crippen molar-refractivity contribution in [3.05, 3.63) is 29.8 Å². The summed E-state index contributed by atoms with van der Waals surface area (Å²) in [5.74, 6) is 0.898. The zero-order valence-electron chi connectivity index (χ0n) is 8.98. The molecule has 0 radical (unpaired) electrons. The smallest absolute Gasteiger partial charge is 0.124 e. The third kappa shape index (κ3) is 2.70. The summed E-state index contributed by atoms with van der Waals surface area (Å²) < 4.78 is 11.0. The second-order valence-electron chi connectivity index (χ2n) is 3.96. The number of hydrogen-bond donors (Lipinski definition) is 1. The lowest BCUT2D eigenvalue weighted by Crippen LogP contribution is -2.15. The van der Waals surface area contributed by atoms with Crippen LogP contribution in [0.3, 0.4) is 0 Å². The van der Waals surface area contributed by atoms with Crippen LogP contribution in [-0.2, 0) is 4.74 Å². The fraction of sp³-hybridized carbons (Fsp3) is 0.500. The van der Waals surface area contributed by atoms with Gasteiger partial charge in [-0.05, 0) is 24.6 Å². The predicted octanol–water partition coefficient (Wildman–Crippen LogP) is 1.87. The van der Waals surface area contributed by atoms with Crippen molar-refractivity contribution in [1.82, 2.24) is 0 Å². The molecule has 2 atom stereocenters. The molecular formula is C12H17NO2. The Morgan fingerprint density at radius 1 is 1.40 bits per heavy atom. The third-order valence-electron chi connectivity index (χ3n) is 2.60. The van der Waals surface area contributed by atoms with Crippen molar-refractivity contribution in [3.8, 4) is 5.75 Å². The molecule has 0 amide bonds. The summed E-state index contributed by atoms with van der Waals surface area (Å²) in [6.07, 6.45) is 1.20. The van der Waals surface area contributed by atoms with Crippen LogP contribution in [0.2, 0.25) is 0 Å². The molecule has 0 aromatic heterocycles. The predicted molar refractivity (Wildman–Crippen MR) is 58.9 cm³/mol. The van der Waals surface area contributed by atoms with Crippen LogP contribution < -0.4 is 10.5 Å². The highest BCUT2D eigenvalue weighted by atomic mass is 16.5. The summed E-state index contributed by atoms with van der Waals surface area (Å²) in [4.78, 5) is 0. The summed E-state index contributed by atoms with van der Waals surface area (Å²) in [6, 6.07) is 8.04. The van der Waals surface area contributed by atoms with Gasteiger partial charge in [0.25, 0.3) is 0 Å². The van der Waals surface area contributed by atoms with Gasteiger partial charge in [-0.25, -0.2) is 0 Å². The van der Waals surface area contributed by atoms with Gasteiger partial charge in [0.05, 0.1) is 13.2 Å². The third-order valence-corrected chi connectivity index (χ3v) is 2.60. The van der Waals surface area contributed by atoms with E-state index in [1.54, 1.807) is 0 Å². The highest BCUT2D eigenvalue weighted by molar-refractivity contribution is 5.28. The van der Waals surface area contributed by atoms with Crippen molar-refractivity contribution in [1.29, 1.82) is 0 Å². The molecule has 0 aliphatic carbocycles. The zero-order valence-corrected chi connectivity index (χ0v) is 8.98. The Kier molecular flexibility index (Phi) is 3.23. The Balaban J connectivity index is 1.97. The van der Waals surface area contributed by atoms with Crippen molar-refractivity contribution >= 4 is 0 Å². The lowest BCUT2D eigenvalue weighted by Gasteiger charge is -2.12. The maximum absolute atomic E-state index is 5.77. The van der Waals surface area contributed by atoms with Crippen LogP contribution in [0.1, 0.15) is 24.9 Å². The minimum absolute atomic E-state index is 0.0777. The van der Waals surface area contributed by atoms with E-state index in [0.29, 0.717) is 6.61 Å². The average Bonchev–Trinajstić information content (AvgIpc) is 2.71. The lowest BCUT2D eigenvalue weighted by atomic mass is 10.1.